The van der Waals surface area contributed by atoms with Gasteiger partial charge in [0.2, 0.25) is 0 Å². The van der Waals surface area contributed by atoms with E-state index in [9.17, 15) is 15.0 Å². The third-order valence-electron chi connectivity index (χ3n) is 2.43. The first-order valence-electron chi connectivity index (χ1n) is 4.74. The number of rotatable bonds is 1. The van der Waals surface area contributed by atoms with Gasteiger partial charge in [0.25, 0.3) is 5.91 Å². The van der Waals surface area contributed by atoms with Crippen LogP contribution in [0.5, 0.6) is 11.5 Å². The van der Waals surface area contributed by atoms with Crippen LogP contribution in [-0.4, -0.2) is 22.7 Å². The minimum Gasteiger partial charge on any atom is -0.508 e. The Balaban J connectivity index is 2.32. The number of benzene rings is 1. The molecular formula is C10H12N2O4. The Morgan fingerprint density at radius 1 is 1.44 bits per heavy atom. The third-order valence-corrected chi connectivity index (χ3v) is 2.43. The number of hydrogen-bond donors (Lipinski definition) is 4. The topological polar surface area (TPSA) is 90.8 Å². The Bertz CT molecular complexity index is 423. The maximum absolute atomic E-state index is 10.9. The fourth-order valence-corrected chi connectivity index (χ4v) is 1.54. The van der Waals surface area contributed by atoms with E-state index in [0.717, 1.165) is 0 Å². The zero-order valence-electron chi connectivity index (χ0n) is 8.65. The molecule has 0 aliphatic carbocycles. The Morgan fingerprint density at radius 3 is 2.75 bits per heavy atom. The molecule has 1 aromatic rings. The molecular weight excluding hydrogens is 212 g/mol. The first-order valence-corrected chi connectivity index (χ1v) is 4.74. The molecule has 0 saturated carbocycles. The van der Waals surface area contributed by atoms with Crippen LogP contribution >= 0.6 is 0 Å². The second-order valence-corrected chi connectivity index (χ2v) is 3.70. The molecule has 1 aliphatic heterocycles. The Kier molecular flexibility index (Phi) is 2.45. The van der Waals surface area contributed by atoms with E-state index in [1.165, 1.54) is 18.2 Å². The maximum Gasteiger partial charge on any atom is 0.260 e. The molecule has 1 saturated heterocycles. The molecule has 2 rings (SSSR count). The first kappa shape index (κ1) is 10.7. The van der Waals surface area contributed by atoms with E-state index in [1.54, 1.807) is 6.92 Å². The van der Waals surface area contributed by atoms with Gasteiger partial charge in [-0.15, -0.1) is 0 Å². The Labute approximate surface area is 91.8 Å². The molecule has 1 atom stereocenters. The molecule has 16 heavy (non-hydrogen) atoms. The van der Waals surface area contributed by atoms with Crippen molar-refractivity contribution in [1.82, 2.24) is 10.9 Å². The maximum atomic E-state index is 10.9. The number of carbonyl (C=O) groups excluding carboxylic acids is 1. The van der Waals surface area contributed by atoms with Crippen LogP contribution in [-0.2, 0) is 15.3 Å². The number of hydrogen-bond acceptors (Lipinski definition) is 5. The van der Waals surface area contributed by atoms with Crippen LogP contribution in [0.15, 0.2) is 18.2 Å². The number of carbonyl (C=O) groups is 1. The molecule has 4 N–H and O–H groups in total. The van der Waals surface area contributed by atoms with Gasteiger partial charge in [0, 0.05) is 11.6 Å². The van der Waals surface area contributed by atoms with E-state index < -0.39 is 5.72 Å². The minimum atomic E-state index is -1.01. The van der Waals surface area contributed by atoms with Gasteiger partial charge in [-0.05, 0) is 19.1 Å². The summed E-state index contributed by atoms with van der Waals surface area (Å²) in [7, 11) is 0. The van der Waals surface area contributed by atoms with Crippen molar-refractivity contribution in [1.29, 1.82) is 0 Å². The highest BCUT2D eigenvalue weighted by Gasteiger charge is 2.34. The van der Waals surface area contributed by atoms with Crippen molar-refractivity contribution in [2.24, 2.45) is 0 Å². The van der Waals surface area contributed by atoms with Gasteiger partial charge in [0.05, 0.1) is 0 Å². The third kappa shape index (κ3) is 1.80. The van der Waals surface area contributed by atoms with Gasteiger partial charge >= 0.3 is 0 Å². The van der Waals surface area contributed by atoms with Gasteiger partial charge in [-0.25, -0.2) is 0 Å². The summed E-state index contributed by atoms with van der Waals surface area (Å²) in [6.45, 7) is 1.57. The van der Waals surface area contributed by atoms with Gasteiger partial charge < -0.3 is 14.9 Å². The molecule has 6 nitrogen and oxygen atoms in total. The fraction of sp³-hybridized carbons (Fsp3) is 0.300. The van der Waals surface area contributed by atoms with Gasteiger partial charge in [0.1, 0.15) is 18.1 Å². The molecule has 0 unspecified atom stereocenters. The van der Waals surface area contributed by atoms with Crippen molar-refractivity contribution in [2.45, 2.75) is 12.6 Å². The highest BCUT2D eigenvalue weighted by atomic mass is 16.5. The monoisotopic (exact) mass is 224 g/mol. The lowest BCUT2D eigenvalue weighted by atomic mass is 10.0. The van der Waals surface area contributed by atoms with E-state index in [0.29, 0.717) is 5.56 Å². The molecule has 1 aliphatic rings. The highest BCUT2D eigenvalue weighted by molar-refractivity contribution is 5.77. The quantitative estimate of drug-likeness (QED) is 0.535. The summed E-state index contributed by atoms with van der Waals surface area (Å²) in [6.07, 6.45) is 0. The lowest BCUT2D eigenvalue weighted by Gasteiger charge is -2.35. The number of ether oxygens (including phenoxy) is 1. The predicted octanol–water partition coefficient (Wildman–Crippen LogP) is -0.0785. The average molecular weight is 224 g/mol. The van der Waals surface area contributed by atoms with Crippen LogP contribution in [0.25, 0.3) is 0 Å². The lowest BCUT2D eigenvalue weighted by Crippen LogP contribution is -2.58. The highest BCUT2D eigenvalue weighted by Crippen LogP contribution is 2.33. The molecule has 1 heterocycles. The van der Waals surface area contributed by atoms with Gasteiger partial charge in [0.15, 0.2) is 5.72 Å². The van der Waals surface area contributed by atoms with Gasteiger partial charge in [-0.2, -0.15) is 5.43 Å². The summed E-state index contributed by atoms with van der Waals surface area (Å²) in [4.78, 5) is 10.9. The number of nitrogens with one attached hydrogen (secondary N) is 2. The lowest BCUT2D eigenvalue weighted by molar-refractivity contribution is -0.155. The van der Waals surface area contributed by atoms with E-state index in [1.807, 2.05) is 0 Å². The van der Waals surface area contributed by atoms with Crippen molar-refractivity contribution < 1.29 is 19.7 Å². The smallest absolute Gasteiger partial charge is 0.260 e. The zero-order chi connectivity index (χ0) is 11.8. The van der Waals surface area contributed by atoms with Crippen LogP contribution in [0, 0.1) is 0 Å². The average Bonchev–Trinajstić information content (AvgIpc) is 2.22. The second kappa shape index (κ2) is 3.66. The van der Waals surface area contributed by atoms with Crippen molar-refractivity contribution in [3.05, 3.63) is 23.8 Å². The first-order chi connectivity index (χ1) is 7.51. The Hall–Kier alpha value is -1.79. The van der Waals surface area contributed by atoms with Crippen molar-refractivity contribution in [3.63, 3.8) is 0 Å². The van der Waals surface area contributed by atoms with Gasteiger partial charge in [-0.3, -0.25) is 10.2 Å². The van der Waals surface area contributed by atoms with Crippen LogP contribution in [0.3, 0.4) is 0 Å². The summed E-state index contributed by atoms with van der Waals surface area (Å²) < 4.78 is 5.32. The largest absolute Gasteiger partial charge is 0.508 e. The van der Waals surface area contributed by atoms with E-state index in [2.05, 4.69) is 10.9 Å². The molecule has 86 valence electrons. The SMILES string of the molecule is C[C@]1(c2ccc(O)cc2O)NNC(=O)CO1. The second-order valence-electron chi connectivity index (χ2n) is 3.70. The number of phenolic OH excluding ortho intramolecular Hbond substituents is 2. The van der Waals surface area contributed by atoms with Crippen LogP contribution in [0.1, 0.15) is 12.5 Å². The van der Waals surface area contributed by atoms with Gasteiger partial charge in [-0.1, -0.05) is 0 Å². The minimum absolute atomic E-state index is 0.0373. The van der Waals surface area contributed by atoms with Crippen molar-refractivity contribution >= 4 is 5.91 Å². The van der Waals surface area contributed by atoms with Crippen LogP contribution in [0.2, 0.25) is 0 Å². The van der Waals surface area contributed by atoms with E-state index in [-0.39, 0.29) is 24.0 Å². The van der Waals surface area contributed by atoms with Crippen molar-refractivity contribution in [3.8, 4) is 11.5 Å². The molecule has 6 heteroatoms. The zero-order valence-corrected chi connectivity index (χ0v) is 8.65. The van der Waals surface area contributed by atoms with E-state index >= 15 is 0 Å². The normalized spacial score (nSPS) is 25.2. The summed E-state index contributed by atoms with van der Waals surface area (Å²) >= 11 is 0. The summed E-state index contributed by atoms with van der Waals surface area (Å²) in [5.41, 5.74) is 4.51. The number of aromatic hydroxyl groups is 2. The molecule has 0 aromatic heterocycles. The predicted molar refractivity (Wildman–Crippen MR) is 54.4 cm³/mol. The molecule has 1 aromatic carbocycles. The molecule has 0 bridgehead atoms. The van der Waals surface area contributed by atoms with E-state index in [4.69, 9.17) is 4.74 Å². The standard InChI is InChI=1S/C10H12N2O4/c1-10(12-11-9(15)5-16-10)7-3-2-6(13)4-8(7)14/h2-4,12-14H,5H2,1H3,(H,11,15)/t10-/m0/s1. The summed E-state index contributed by atoms with van der Waals surface area (Å²) in [6, 6.07) is 4.17. The number of phenols is 2. The summed E-state index contributed by atoms with van der Waals surface area (Å²) in [5, 5.41) is 18.9. The fourth-order valence-electron chi connectivity index (χ4n) is 1.54. The summed E-state index contributed by atoms with van der Waals surface area (Å²) in [5.74, 6) is -0.424. The van der Waals surface area contributed by atoms with Crippen LogP contribution < -0.4 is 10.9 Å². The molecule has 1 fully saturated rings. The van der Waals surface area contributed by atoms with Crippen molar-refractivity contribution in [2.75, 3.05) is 6.61 Å². The number of hydrazine groups is 1. The molecule has 1 amide bonds. The molecule has 0 radical (unpaired) electrons. The van der Waals surface area contributed by atoms with Crippen LogP contribution in [0.4, 0.5) is 0 Å². The Morgan fingerprint density at radius 2 is 2.19 bits per heavy atom. The number of amides is 1. The molecule has 0 spiro atoms.